The van der Waals surface area contributed by atoms with E-state index in [1.807, 2.05) is 0 Å². The molecular weight excluding hydrogens is 276 g/mol. The predicted molar refractivity (Wildman–Crippen MR) is 99.2 cm³/mol. The minimum absolute atomic E-state index is 0.493. The minimum atomic E-state index is 0.493. The van der Waals surface area contributed by atoms with Gasteiger partial charge >= 0.3 is 0 Å². The van der Waals surface area contributed by atoms with E-state index in [0.717, 1.165) is 23.7 Å². The molecule has 0 nitrogen and oxygen atoms in total. The van der Waals surface area contributed by atoms with Gasteiger partial charge in [-0.1, -0.05) is 51.3 Å². The van der Waals surface area contributed by atoms with Crippen LogP contribution < -0.4 is 0 Å². The Bertz CT molecular complexity index is 538. The second-order valence-corrected chi connectivity index (χ2v) is 9.79. The lowest BCUT2D eigenvalue weighted by Crippen LogP contribution is -2.49. The van der Waals surface area contributed by atoms with Crippen molar-refractivity contribution in [1.29, 1.82) is 0 Å². The Kier molecular flexibility index (Phi) is 3.82. The van der Waals surface area contributed by atoms with E-state index in [2.05, 4.69) is 39.8 Å². The van der Waals surface area contributed by atoms with Gasteiger partial charge in [-0.2, -0.15) is 0 Å². The molecule has 2 saturated carbocycles. The second kappa shape index (κ2) is 5.50. The summed E-state index contributed by atoms with van der Waals surface area (Å²) in [7, 11) is 0. The number of hydrogen-bond donors (Lipinski definition) is 0. The van der Waals surface area contributed by atoms with Crippen molar-refractivity contribution in [3.63, 3.8) is 0 Å². The Morgan fingerprint density at radius 2 is 1.91 bits per heavy atom. The first kappa shape index (κ1) is 16.0. The molecule has 6 atom stereocenters. The third-order valence-corrected chi connectivity index (χ3v) is 8.80. The van der Waals surface area contributed by atoms with Crippen LogP contribution in [0, 0.1) is 34.5 Å². The van der Waals surface area contributed by atoms with Crippen molar-refractivity contribution in [2.75, 3.05) is 0 Å². The average molecular weight is 313 g/mol. The molecule has 2 fully saturated rings. The lowest BCUT2D eigenvalue weighted by atomic mass is 9.48. The van der Waals surface area contributed by atoms with Crippen LogP contribution in [0.2, 0.25) is 0 Å². The van der Waals surface area contributed by atoms with E-state index in [-0.39, 0.29) is 0 Å². The minimum Gasteiger partial charge on any atom is -0.0805 e. The van der Waals surface area contributed by atoms with Gasteiger partial charge in [0.25, 0.3) is 0 Å². The first-order chi connectivity index (χ1) is 11.0. The summed E-state index contributed by atoms with van der Waals surface area (Å²) in [5.74, 6) is 3.98. The van der Waals surface area contributed by atoms with E-state index in [1.165, 1.54) is 57.8 Å². The molecule has 0 saturated heterocycles. The summed E-state index contributed by atoms with van der Waals surface area (Å²) in [6.45, 7) is 10.00. The lowest BCUT2D eigenvalue weighted by molar-refractivity contribution is -0.0370. The maximum Gasteiger partial charge on any atom is -0.00443 e. The van der Waals surface area contributed by atoms with E-state index in [9.17, 15) is 0 Å². The van der Waals surface area contributed by atoms with Gasteiger partial charge in [0.1, 0.15) is 0 Å². The molecule has 0 radical (unpaired) electrons. The Morgan fingerprint density at radius 3 is 2.70 bits per heavy atom. The molecule has 0 aromatic heterocycles. The van der Waals surface area contributed by atoms with E-state index in [4.69, 9.17) is 0 Å². The monoisotopic (exact) mass is 312 g/mol. The fourth-order valence-electron chi connectivity index (χ4n) is 7.40. The molecule has 0 aliphatic heterocycles. The molecule has 128 valence electrons. The second-order valence-electron chi connectivity index (χ2n) is 9.79. The zero-order valence-corrected chi connectivity index (χ0v) is 15.8. The molecule has 0 bridgehead atoms. The first-order valence-electron chi connectivity index (χ1n) is 10.4. The Morgan fingerprint density at radius 1 is 1.09 bits per heavy atom. The molecule has 0 heterocycles. The topological polar surface area (TPSA) is 0 Å². The molecule has 4 aliphatic rings. The van der Waals surface area contributed by atoms with Crippen LogP contribution in [0.1, 0.15) is 85.5 Å². The van der Waals surface area contributed by atoms with E-state index < -0.39 is 0 Å². The Hall–Kier alpha value is -0.520. The summed E-state index contributed by atoms with van der Waals surface area (Å²) in [4.78, 5) is 0. The number of hydrogen-bond acceptors (Lipinski definition) is 0. The van der Waals surface area contributed by atoms with Crippen molar-refractivity contribution < 1.29 is 0 Å². The Balaban J connectivity index is 1.65. The summed E-state index contributed by atoms with van der Waals surface area (Å²) in [5, 5.41) is 0. The summed E-state index contributed by atoms with van der Waals surface area (Å²) < 4.78 is 0. The fourth-order valence-corrected chi connectivity index (χ4v) is 7.40. The molecule has 0 aromatic rings. The van der Waals surface area contributed by atoms with Crippen LogP contribution in [0.3, 0.4) is 0 Å². The van der Waals surface area contributed by atoms with E-state index in [0.29, 0.717) is 10.8 Å². The van der Waals surface area contributed by atoms with Gasteiger partial charge in [0.05, 0.1) is 0 Å². The van der Waals surface area contributed by atoms with Gasteiger partial charge in [-0.3, -0.25) is 0 Å². The van der Waals surface area contributed by atoms with Gasteiger partial charge in [-0.25, -0.2) is 0 Å². The Labute approximate surface area is 143 Å². The normalized spacial score (nSPS) is 48.9. The van der Waals surface area contributed by atoms with Gasteiger partial charge < -0.3 is 0 Å². The fraction of sp³-hybridized carbons (Fsp3) is 0.826. The van der Waals surface area contributed by atoms with Crippen LogP contribution in [-0.4, -0.2) is 0 Å². The largest absolute Gasteiger partial charge is 0.0805 e. The molecule has 4 rings (SSSR count). The highest BCUT2D eigenvalue weighted by atomic mass is 14.6. The van der Waals surface area contributed by atoms with Crippen LogP contribution in [0.4, 0.5) is 0 Å². The average Bonchev–Trinajstić information content (AvgIpc) is 2.85. The summed E-state index contributed by atoms with van der Waals surface area (Å²) in [5.41, 5.74) is 4.47. The smallest absolute Gasteiger partial charge is 0.00443 e. The maximum atomic E-state index is 2.67. The highest BCUT2D eigenvalue weighted by molar-refractivity contribution is 5.36. The number of allylic oxidation sites excluding steroid dienone is 4. The van der Waals surface area contributed by atoms with Gasteiger partial charge in [0.2, 0.25) is 0 Å². The van der Waals surface area contributed by atoms with Crippen LogP contribution in [0.5, 0.6) is 0 Å². The zero-order valence-electron chi connectivity index (χ0n) is 15.8. The quantitative estimate of drug-likeness (QED) is 0.519. The highest BCUT2D eigenvalue weighted by Crippen LogP contribution is 2.66. The molecule has 0 amide bonds. The van der Waals surface area contributed by atoms with Crippen molar-refractivity contribution in [2.45, 2.75) is 85.5 Å². The molecular formula is C23H36. The maximum absolute atomic E-state index is 2.67. The van der Waals surface area contributed by atoms with Crippen LogP contribution in [0.25, 0.3) is 0 Å². The van der Waals surface area contributed by atoms with E-state index >= 15 is 0 Å². The van der Waals surface area contributed by atoms with Crippen molar-refractivity contribution in [3.05, 3.63) is 23.3 Å². The molecule has 0 N–H and O–H groups in total. The van der Waals surface area contributed by atoms with Gasteiger partial charge in [0, 0.05) is 0 Å². The number of rotatable bonds is 2. The third-order valence-electron chi connectivity index (χ3n) is 8.80. The third kappa shape index (κ3) is 2.23. The molecule has 0 aromatic carbocycles. The van der Waals surface area contributed by atoms with Crippen molar-refractivity contribution in [1.82, 2.24) is 0 Å². The molecule has 3 unspecified atom stereocenters. The molecule has 4 aliphatic carbocycles. The first-order valence-corrected chi connectivity index (χ1v) is 10.4. The standard InChI is InChI=1S/C23H36/c1-5-6-17-8-10-20-19-9-7-18-15-16(2)11-13-23(18,4)21(19)12-14-22(17,20)3/h7,15,17,19-21H,5-6,8-14H2,1-4H3/t17-,19?,20?,21?,22+,23-/m0/s1. The van der Waals surface area contributed by atoms with E-state index in [1.54, 1.807) is 11.1 Å². The molecule has 23 heavy (non-hydrogen) atoms. The summed E-state index contributed by atoms with van der Waals surface area (Å²) in [6.07, 6.45) is 18.2. The predicted octanol–water partition coefficient (Wildman–Crippen LogP) is 6.92. The molecule has 0 heteroatoms. The molecule has 0 spiro atoms. The number of fused-ring (bicyclic) bond motifs is 5. The highest BCUT2D eigenvalue weighted by Gasteiger charge is 2.57. The van der Waals surface area contributed by atoms with Crippen LogP contribution in [0.15, 0.2) is 23.3 Å². The van der Waals surface area contributed by atoms with Crippen molar-refractivity contribution >= 4 is 0 Å². The zero-order chi connectivity index (χ0) is 16.2. The summed E-state index contributed by atoms with van der Waals surface area (Å²) >= 11 is 0. The van der Waals surface area contributed by atoms with Crippen molar-refractivity contribution in [2.24, 2.45) is 34.5 Å². The van der Waals surface area contributed by atoms with Crippen LogP contribution in [-0.2, 0) is 0 Å². The lowest BCUT2D eigenvalue weighted by Gasteiger charge is -2.57. The SMILES string of the molecule is CCC[C@H]1CCC2C3CC=C4C=C(C)CC[C@]4(C)C3CC[C@@]21C. The summed E-state index contributed by atoms with van der Waals surface area (Å²) in [6, 6.07) is 0. The van der Waals surface area contributed by atoms with Crippen LogP contribution >= 0.6 is 0 Å². The van der Waals surface area contributed by atoms with Crippen molar-refractivity contribution in [3.8, 4) is 0 Å². The van der Waals surface area contributed by atoms with Gasteiger partial charge in [0.15, 0.2) is 0 Å². The van der Waals surface area contributed by atoms with Gasteiger partial charge in [-0.15, -0.1) is 0 Å². The van der Waals surface area contributed by atoms with Gasteiger partial charge in [-0.05, 0) is 91.9 Å².